The van der Waals surface area contributed by atoms with Crippen molar-refractivity contribution in [3.05, 3.63) is 101 Å². The number of hydrazone groups is 1. The molecule has 8 heteroatoms. The summed E-state index contributed by atoms with van der Waals surface area (Å²) in [5, 5.41) is 15.3. The summed E-state index contributed by atoms with van der Waals surface area (Å²) < 4.78 is 5.18. The van der Waals surface area contributed by atoms with Crippen molar-refractivity contribution in [3.8, 4) is 5.75 Å². The van der Waals surface area contributed by atoms with Gasteiger partial charge in [-0.05, 0) is 54.4 Å². The summed E-state index contributed by atoms with van der Waals surface area (Å²) in [5.74, 6) is 0.405. The van der Waals surface area contributed by atoms with E-state index in [2.05, 4.69) is 28.1 Å². The predicted molar refractivity (Wildman–Crippen MR) is 140 cm³/mol. The van der Waals surface area contributed by atoms with Crippen molar-refractivity contribution in [1.82, 2.24) is 10.6 Å². The number of allylic oxidation sites excluding steroid dienone is 1. The van der Waals surface area contributed by atoms with E-state index >= 15 is 0 Å². The lowest BCUT2D eigenvalue weighted by Crippen LogP contribution is -2.45. The molecule has 3 amide bonds. The number of carbonyl (C=O) groups is 2. The Bertz CT molecular complexity index is 1330. The Balaban J connectivity index is 1.36. The van der Waals surface area contributed by atoms with Crippen LogP contribution in [0.2, 0.25) is 0 Å². The first-order valence-corrected chi connectivity index (χ1v) is 11.8. The number of methoxy groups -OCH3 is 1. The summed E-state index contributed by atoms with van der Waals surface area (Å²) >= 11 is 0. The van der Waals surface area contributed by atoms with Gasteiger partial charge in [0, 0.05) is 24.4 Å². The van der Waals surface area contributed by atoms with E-state index in [0.717, 1.165) is 35.5 Å². The number of anilines is 2. The third-order valence-corrected chi connectivity index (χ3v) is 6.29. The molecule has 3 N–H and O–H groups in total. The molecule has 1 unspecified atom stereocenters. The first kappa shape index (κ1) is 23.2. The van der Waals surface area contributed by atoms with Gasteiger partial charge >= 0.3 is 6.03 Å². The van der Waals surface area contributed by atoms with Gasteiger partial charge in [-0.15, -0.1) is 0 Å². The second kappa shape index (κ2) is 9.95. The number of carbonyl (C=O) groups excluding carboxylic acids is 2. The van der Waals surface area contributed by atoms with E-state index in [0.29, 0.717) is 22.7 Å². The third-order valence-electron chi connectivity index (χ3n) is 6.29. The third kappa shape index (κ3) is 4.79. The van der Waals surface area contributed by atoms with Crippen molar-refractivity contribution >= 4 is 29.0 Å². The fraction of sp³-hybridized carbons (Fsp3) is 0.179. The molecular weight excluding hydrogens is 454 g/mol. The maximum atomic E-state index is 13.3. The number of nitrogens with zero attached hydrogens (tertiary/aromatic N) is 2. The first-order chi connectivity index (χ1) is 17.5. The minimum absolute atomic E-state index is 0.295. The van der Waals surface area contributed by atoms with E-state index in [9.17, 15) is 9.59 Å². The number of rotatable bonds is 6. The molecule has 0 radical (unpaired) electrons. The maximum absolute atomic E-state index is 13.3. The zero-order chi connectivity index (χ0) is 25.1. The van der Waals surface area contributed by atoms with Crippen LogP contribution in [0.15, 0.2) is 95.2 Å². The van der Waals surface area contributed by atoms with Crippen LogP contribution in [0.5, 0.6) is 5.75 Å². The molecule has 2 aliphatic rings. The molecule has 1 atom stereocenters. The summed E-state index contributed by atoms with van der Waals surface area (Å²) in [5.41, 5.74) is 5.53. The number of hydrogen-bond donors (Lipinski definition) is 3. The minimum atomic E-state index is -0.590. The molecule has 0 saturated heterocycles. The normalized spacial score (nSPS) is 17.3. The molecule has 0 spiro atoms. The Kier molecular flexibility index (Phi) is 6.40. The van der Waals surface area contributed by atoms with Crippen molar-refractivity contribution in [2.24, 2.45) is 5.10 Å². The van der Waals surface area contributed by atoms with Crippen molar-refractivity contribution in [2.45, 2.75) is 19.4 Å². The average molecular weight is 482 g/mol. The van der Waals surface area contributed by atoms with E-state index in [4.69, 9.17) is 9.84 Å². The van der Waals surface area contributed by atoms with Gasteiger partial charge in [-0.3, -0.25) is 9.80 Å². The van der Waals surface area contributed by atoms with Gasteiger partial charge in [0.2, 0.25) is 0 Å². The van der Waals surface area contributed by atoms with Crippen molar-refractivity contribution < 1.29 is 14.3 Å². The van der Waals surface area contributed by atoms with Crippen LogP contribution in [0.25, 0.3) is 0 Å². The zero-order valence-corrected chi connectivity index (χ0v) is 20.1. The Labute approximate surface area is 209 Å². The molecule has 0 aliphatic carbocycles. The van der Waals surface area contributed by atoms with Crippen LogP contribution in [0.4, 0.5) is 16.2 Å². The van der Waals surface area contributed by atoms with E-state index in [1.54, 1.807) is 38.3 Å². The lowest BCUT2D eigenvalue weighted by Gasteiger charge is -2.29. The van der Waals surface area contributed by atoms with Crippen LogP contribution in [0.3, 0.4) is 0 Å². The van der Waals surface area contributed by atoms with Crippen molar-refractivity contribution in [3.63, 3.8) is 0 Å². The molecule has 3 aromatic carbocycles. The molecule has 0 fully saturated rings. The molecule has 2 aliphatic heterocycles. The molecule has 182 valence electrons. The topological polar surface area (TPSA) is 95.1 Å². The number of benzene rings is 3. The summed E-state index contributed by atoms with van der Waals surface area (Å²) in [6.45, 7) is 2.52. The molecule has 8 nitrogen and oxygen atoms in total. The first-order valence-electron chi connectivity index (χ1n) is 11.8. The highest BCUT2D eigenvalue weighted by molar-refractivity contribution is 6.07. The lowest BCUT2D eigenvalue weighted by atomic mass is 9.94. The van der Waals surface area contributed by atoms with E-state index in [1.807, 2.05) is 47.5 Å². The second-order valence-corrected chi connectivity index (χ2v) is 8.63. The highest BCUT2D eigenvalue weighted by Crippen LogP contribution is 2.30. The molecule has 36 heavy (non-hydrogen) atoms. The van der Waals surface area contributed by atoms with Crippen LogP contribution in [0.1, 0.15) is 30.5 Å². The lowest BCUT2D eigenvalue weighted by molar-refractivity contribution is -0.113. The Morgan fingerprint density at radius 1 is 1.03 bits per heavy atom. The summed E-state index contributed by atoms with van der Waals surface area (Å²) in [6.07, 6.45) is 0.869. The average Bonchev–Trinajstić information content (AvgIpc) is 3.40. The Hall–Kier alpha value is -4.59. The quantitative estimate of drug-likeness (QED) is 0.480. The minimum Gasteiger partial charge on any atom is -0.497 e. The largest absolute Gasteiger partial charge is 0.497 e. The highest BCUT2D eigenvalue weighted by Gasteiger charge is 2.31. The van der Waals surface area contributed by atoms with Crippen molar-refractivity contribution in [1.29, 1.82) is 0 Å². The second-order valence-electron chi connectivity index (χ2n) is 8.63. The molecular formula is C28H27N5O3. The van der Waals surface area contributed by atoms with Gasteiger partial charge in [0.15, 0.2) is 0 Å². The maximum Gasteiger partial charge on any atom is 0.319 e. The number of nitrogens with one attached hydrogen (secondary N) is 3. The van der Waals surface area contributed by atoms with Gasteiger partial charge in [0.1, 0.15) is 5.75 Å². The van der Waals surface area contributed by atoms with E-state index in [-0.39, 0.29) is 11.9 Å². The fourth-order valence-electron chi connectivity index (χ4n) is 4.43. The van der Waals surface area contributed by atoms with E-state index in [1.165, 1.54) is 0 Å². The Morgan fingerprint density at radius 3 is 2.44 bits per heavy atom. The van der Waals surface area contributed by atoms with Crippen LogP contribution >= 0.6 is 0 Å². The van der Waals surface area contributed by atoms with Gasteiger partial charge in [-0.25, -0.2) is 4.79 Å². The monoisotopic (exact) mass is 481 g/mol. The molecule has 0 bridgehead atoms. The van der Waals surface area contributed by atoms with Crippen LogP contribution in [-0.2, 0) is 4.79 Å². The van der Waals surface area contributed by atoms with Gasteiger partial charge in [-0.1, -0.05) is 42.5 Å². The summed E-state index contributed by atoms with van der Waals surface area (Å²) in [7, 11) is 1.59. The summed E-state index contributed by atoms with van der Waals surface area (Å²) in [4.78, 5) is 25.5. The van der Waals surface area contributed by atoms with Gasteiger partial charge in [-0.2, -0.15) is 5.10 Å². The molecule has 5 rings (SSSR count). The number of hydrogen-bond acceptors (Lipinski definition) is 5. The predicted octanol–water partition coefficient (Wildman–Crippen LogP) is 4.58. The van der Waals surface area contributed by atoms with Crippen LogP contribution < -0.4 is 25.7 Å². The van der Waals surface area contributed by atoms with Crippen molar-refractivity contribution in [2.75, 3.05) is 24.0 Å². The number of urea groups is 1. The Morgan fingerprint density at radius 2 is 1.75 bits per heavy atom. The molecule has 0 aromatic heterocycles. The number of ether oxygens (including phenoxy) is 1. The number of amides is 3. The molecule has 3 aromatic rings. The SMILES string of the molecule is COc1ccc(NC(=O)C2=C(C)NC(=O)NC2c2ccc(N3CCC(c4ccccc4)=N3)cc2)cc1. The highest BCUT2D eigenvalue weighted by atomic mass is 16.5. The molecule has 2 heterocycles. The standard InChI is InChI=1S/C28H27N5O3/c1-18-25(27(34)30-21-10-14-23(36-2)15-11-21)26(31-28(35)29-18)20-8-12-22(13-9-20)33-17-16-24(32-33)19-6-4-3-5-7-19/h3-15,26H,16-17H2,1-2H3,(H,30,34)(H2,29,31,35). The zero-order valence-electron chi connectivity index (χ0n) is 20.1. The van der Waals surface area contributed by atoms with Crippen LogP contribution in [0, 0.1) is 0 Å². The fourth-order valence-corrected chi connectivity index (χ4v) is 4.43. The van der Waals surface area contributed by atoms with Gasteiger partial charge in [0.05, 0.1) is 30.1 Å². The van der Waals surface area contributed by atoms with E-state index < -0.39 is 6.04 Å². The van der Waals surface area contributed by atoms with Gasteiger partial charge < -0.3 is 20.7 Å². The van der Waals surface area contributed by atoms with Gasteiger partial charge in [0.25, 0.3) is 5.91 Å². The summed E-state index contributed by atoms with van der Waals surface area (Å²) in [6, 6.07) is 24.1. The molecule has 0 saturated carbocycles. The van der Waals surface area contributed by atoms with Crippen LogP contribution in [-0.4, -0.2) is 31.3 Å². The smallest absolute Gasteiger partial charge is 0.319 e.